The summed E-state index contributed by atoms with van der Waals surface area (Å²) in [6, 6.07) is 0. The Bertz CT molecular complexity index is 171. The van der Waals surface area contributed by atoms with Gasteiger partial charge < -0.3 is 17.7 Å². The Balaban J connectivity index is 0. The van der Waals surface area contributed by atoms with Crippen LogP contribution in [0.4, 0.5) is 0 Å². The number of nitrogens with two attached hydrogens (primary N) is 1. The molecule has 0 heterocycles. The van der Waals surface area contributed by atoms with Gasteiger partial charge in [-0.25, -0.2) is 0 Å². The summed E-state index contributed by atoms with van der Waals surface area (Å²) in [6.07, 6.45) is 18.7. The summed E-state index contributed by atoms with van der Waals surface area (Å²) in [5.41, 5.74) is 0. The molecule has 0 aromatic heterocycles. The van der Waals surface area contributed by atoms with Crippen molar-refractivity contribution >= 4 is 0 Å². The van der Waals surface area contributed by atoms with Crippen LogP contribution in [0.3, 0.4) is 0 Å². The minimum atomic E-state index is 0. The van der Waals surface area contributed by atoms with Crippen molar-refractivity contribution in [3.05, 3.63) is 0 Å². The van der Waals surface area contributed by atoms with E-state index in [0.717, 1.165) is 5.92 Å². The summed E-state index contributed by atoms with van der Waals surface area (Å²) in [4.78, 5) is 0. The number of unbranched alkanes of at least 4 members (excludes halogenated alkanes) is 10. The molecule has 0 atom stereocenters. The first-order chi connectivity index (χ1) is 9.77. The molecular formula is C19H42ClN. The third kappa shape index (κ3) is 22.7. The number of rotatable bonds is 16. The van der Waals surface area contributed by atoms with Crippen molar-refractivity contribution in [3.63, 3.8) is 0 Å². The molecular weight excluding hydrogens is 278 g/mol. The standard InChI is InChI=1S/C19H41N.ClH/c1-4-5-6-7-8-9-11-14-17-20-18-15-12-10-13-16-19(2)3;/h19-20H,4-18H2,1-3H3;1H. The van der Waals surface area contributed by atoms with Crippen molar-refractivity contribution in [2.24, 2.45) is 5.92 Å². The summed E-state index contributed by atoms with van der Waals surface area (Å²) in [6.45, 7) is 9.68. The zero-order valence-electron chi connectivity index (χ0n) is 15.1. The minimum Gasteiger partial charge on any atom is -1.00 e. The van der Waals surface area contributed by atoms with Crippen molar-refractivity contribution < 1.29 is 17.7 Å². The first-order valence-corrected chi connectivity index (χ1v) is 9.59. The fraction of sp³-hybridized carbons (Fsp3) is 1.00. The molecule has 1 nitrogen and oxygen atoms in total. The molecule has 0 aliphatic heterocycles. The fourth-order valence-corrected chi connectivity index (χ4v) is 2.76. The van der Waals surface area contributed by atoms with Gasteiger partial charge in [-0.1, -0.05) is 78.6 Å². The van der Waals surface area contributed by atoms with E-state index in [1.54, 1.807) is 0 Å². The third-order valence-electron chi connectivity index (χ3n) is 4.20. The van der Waals surface area contributed by atoms with Crippen molar-refractivity contribution in [1.29, 1.82) is 0 Å². The van der Waals surface area contributed by atoms with Crippen molar-refractivity contribution in [2.45, 2.75) is 104 Å². The molecule has 0 saturated carbocycles. The zero-order valence-corrected chi connectivity index (χ0v) is 15.9. The predicted octanol–water partition coefficient (Wildman–Crippen LogP) is 2.30. The lowest BCUT2D eigenvalue weighted by molar-refractivity contribution is -0.655. The van der Waals surface area contributed by atoms with E-state index in [0.29, 0.717) is 0 Å². The SMILES string of the molecule is CCCCCCCCCC[NH2+]CCCCCCC(C)C.[Cl-]. The molecule has 0 radical (unpaired) electrons. The molecule has 0 saturated heterocycles. The highest BCUT2D eigenvalue weighted by Crippen LogP contribution is 2.09. The van der Waals surface area contributed by atoms with E-state index < -0.39 is 0 Å². The van der Waals surface area contributed by atoms with Gasteiger partial charge >= 0.3 is 0 Å². The van der Waals surface area contributed by atoms with Gasteiger partial charge in [-0.05, 0) is 31.6 Å². The molecule has 0 amide bonds. The van der Waals surface area contributed by atoms with E-state index in [9.17, 15) is 0 Å². The van der Waals surface area contributed by atoms with Crippen LogP contribution in [0.1, 0.15) is 104 Å². The third-order valence-corrected chi connectivity index (χ3v) is 4.20. The highest BCUT2D eigenvalue weighted by Gasteiger charge is 1.96. The normalized spacial score (nSPS) is 10.9. The van der Waals surface area contributed by atoms with Gasteiger partial charge in [-0.3, -0.25) is 0 Å². The summed E-state index contributed by atoms with van der Waals surface area (Å²) >= 11 is 0. The lowest BCUT2D eigenvalue weighted by atomic mass is 10.0. The summed E-state index contributed by atoms with van der Waals surface area (Å²) < 4.78 is 0. The van der Waals surface area contributed by atoms with E-state index >= 15 is 0 Å². The molecule has 0 spiro atoms. The molecule has 2 N–H and O–H groups in total. The van der Waals surface area contributed by atoms with E-state index in [1.807, 2.05) is 0 Å². The topological polar surface area (TPSA) is 16.6 Å². The molecule has 0 bridgehead atoms. The van der Waals surface area contributed by atoms with Crippen LogP contribution >= 0.6 is 0 Å². The van der Waals surface area contributed by atoms with Crippen LogP contribution in [0.5, 0.6) is 0 Å². The van der Waals surface area contributed by atoms with Gasteiger partial charge in [0.25, 0.3) is 0 Å². The minimum absolute atomic E-state index is 0. The molecule has 2 heteroatoms. The first-order valence-electron chi connectivity index (χ1n) is 9.59. The Labute approximate surface area is 141 Å². The molecule has 0 aromatic rings. The van der Waals surface area contributed by atoms with Crippen LogP contribution in [0, 0.1) is 5.92 Å². The van der Waals surface area contributed by atoms with E-state index in [1.165, 1.54) is 96.6 Å². The highest BCUT2D eigenvalue weighted by molar-refractivity contribution is 4.47. The Morgan fingerprint density at radius 1 is 0.619 bits per heavy atom. The Morgan fingerprint density at radius 2 is 1.05 bits per heavy atom. The Morgan fingerprint density at radius 3 is 1.52 bits per heavy atom. The van der Waals surface area contributed by atoms with Gasteiger partial charge in [-0.2, -0.15) is 0 Å². The molecule has 0 rings (SSSR count). The van der Waals surface area contributed by atoms with Crippen LogP contribution in [-0.4, -0.2) is 13.1 Å². The molecule has 0 aromatic carbocycles. The summed E-state index contributed by atoms with van der Waals surface area (Å²) in [7, 11) is 0. The lowest BCUT2D eigenvalue weighted by Gasteiger charge is -2.04. The van der Waals surface area contributed by atoms with Crippen molar-refractivity contribution in [2.75, 3.05) is 13.1 Å². The predicted molar refractivity (Wildman–Crippen MR) is 92.2 cm³/mol. The van der Waals surface area contributed by atoms with Crippen LogP contribution in [0.25, 0.3) is 0 Å². The molecule has 0 aliphatic rings. The van der Waals surface area contributed by atoms with Gasteiger partial charge in [0.2, 0.25) is 0 Å². The van der Waals surface area contributed by atoms with Crippen LogP contribution in [-0.2, 0) is 0 Å². The van der Waals surface area contributed by atoms with Crippen molar-refractivity contribution in [1.82, 2.24) is 0 Å². The second-order valence-electron chi connectivity index (χ2n) is 6.94. The second-order valence-corrected chi connectivity index (χ2v) is 6.94. The molecule has 0 aliphatic carbocycles. The maximum atomic E-state index is 2.54. The Hall–Kier alpha value is 0.250. The largest absolute Gasteiger partial charge is 1.00 e. The van der Waals surface area contributed by atoms with Crippen LogP contribution in [0.2, 0.25) is 0 Å². The monoisotopic (exact) mass is 319 g/mol. The Kier molecular flexibility index (Phi) is 22.7. The number of quaternary nitrogens is 1. The highest BCUT2D eigenvalue weighted by atomic mass is 35.5. The van der Waals surface area contributed by atoms with Gasteiger partial charge in [0.05, 0.1) is 13.1 Å². The maximum Gasteiger partial charge on any atom is 0.0755 e. The zero-order chi connectivity index (χ0) is 14.9. The summed E-state index contributed by atoms with van der Waals surface area (Å²) in [5, 5.41) is 2.54. The maximum absolute atomic E-state index is 2.54. The average molecular weight is 320 g/mol. The van der Waals surface area contributed by atoms with Gasteiger partial charge in [0.15, 0.2) is 0 Å². The van der Waals surface area contributed by atoms with E-state index in [-0.39, 0.29) is 12.4 Å². The quantitative estimate of drug-likeness (QED) is 0.420. The van der Waals surface area contributed by atoms with Crippen LogP contribution in [0.15, 0.2) is 0 Å². The van der Waals surface area contributed by atoms with E-state index in [4.69, 9.17) is 0 Å². The smallest absolute Gasteiger partial charge is 0.0755 e. The number of hydrogen-bond acceptors (Lipinski definition) is 0. The molecule has 130 valence electrons. The lowest BCUT2D eigenvalue weighted by Crippen LogP contribution is -3.00. The van der Waals surface area contributed by atoms with Crippen LogP contribution < -0.4 is 17.7 Å². The van der Waals surface area contributed by atoms with Gasteiger partial charge in [-0.15, -0.1) is 0 Å². The second kappa shape index (κ2) is 20.2. The number of hydrogen-bond donors (Lipinski definition) is 1. The molecule has 0 unspecified atom stereocenters. The van der Waals surface area contributed by atoms with Gasteiger partial charge in [0.1, 0.15) is 0 Å². The first kappa shape index (κ1) is 23.5. The number of halogens is 1. The fourth-order valence-electron chi connectivity index (χ4n) is 2.76. The molecule has 21 heavy (non-hydrogen) atoms. The van der Waals surface area contributed by atoms with E-state index in [2.05, 4.69) is 26.1 Å². The summed E-state index contributed by atoms with van der Waals surface area (Å²) in [5.74, 6) is 0.892. The van der Waals surface area contributed by atoms with Gasteiger partial charge in [0, 0.05) is 0 Å². The van der Waals surface area contributed by atoms with Crippen molar-refractivity contribution in [3.8, 4) is 0 Å². The molecule has 0 fully saturated rings. The average Bonchev–Trinajstić information content (AvgIpc) is 2.43.